The molecule has 2 rings (SSSR count). The van der Waals surface area contributed by atoms with Gasteiger partial charge in [0, 0.05) is 18.7 Å². The largest absolute Gasteiger partial charge is 0.481 e. The Morgan fingerprint density at radius 2 is 2.12 bits per heavy atom. The van der Waals surface area contributed by atoms with Crippen molar-refractivity contribution in [3.8, 4) is 0 Å². The van der Waals surface area contributed by atoms with E-state index in [1.54, 1.807) is 31.2 Å². The van der Waals surface area contributed by atoms with Gasteiger partial charge in [0.15, 0.2) is 0 Å². The molecule has 7 nitrogen and oxygen atoms in total. The van der Waals surface area contributed by atoms with Gasteiger partial charge in [-0.1, -0.05) is 19.1 Å². The third-order valence-electron chi connectivity index (χ3n) is 4.15. The van der Waals surface area contributed by atoms with E-state index in [1.807, 2.05) is 0 Å². The normalized spacial score (nSPS) is 18.2. The quantitative estimate of drug-likeness (QED) is 0.729. The van der Waals surface area contributed by atoms with Gasteiger partial charge in [0.1, 0.15) is 6.04 Å². The molecule has 2 N–H and O–H groups in total. The Morgan fingerprint density at radius 3 is 2.80 bits per heavy atom. The Hall–Kier alpha value is -1.93. The predicted molar refractivity (Wildman–Crippen MR) is 94.8 cm³/mol. The van der Waals surface area contributed by atoms with Crippen molar-refractivity contribution >= 4 is 27.6 Å². The molecule has 0 aliphatic carbocycles. The average Bonchev–Trinajstić information content (AvgIpc) is 3.04. The number of rotatable bonds is 8. The zero-order valence-corrected chi connectivity index (χ0v) is 15.1. The highest BCUT2D eigenvalue weighted by molar-refractivity contribution is 7.89. The second-order valence-electron chi connectivity index (χ2n) is 6.17. The van der Waals surface area contributed by atoms with Crippen LogP contribution in [0.2, 0.25) is 0 Å². The van der Waals surface area contributed by atoms with Crippen molar-refractivity contribution in [3.05, 3.63) is 29.8 Å². The molecule has 25 heavy (non-hydrogen) atoms. The fraction of sp³-hybridized carbons (Fsp3) is 0.529. The van der Waals surface area contributed by atoms with Crippen LogP contribution in [0.4, 0.5) is 5.69 Å². The topological polar surface area (TPSA) is 104 Å². The highest BCUT2D eigenvalue weighted by atomic mass is 32.2. The SMILES string of the molecule is CCCS(=O)(=O)N1CCCC1C(=O)Nc1cccc(CCC(=O)O)c1. The maximum absolute atomic E-state index is 12.5. The molecule has 1 aliphatic rings. The van der Waals surface area contributed by atoms with Crippen molar-refractivity contribution in [3.63, 3.8) is 0 Å². The summed E-state index contributed by atoms with van der Waals surface area (Å²) in [5, 5.41) is 11.5. The first-order valence-electron chi connectivity index (χ1n) is 8.44. The van der Waals surface area contributed by atoms with E-state index in [1.165, 1.54) is 4.31 Å². The highest BCUT2D eigenvalue weighted by Gasteiger charge is 2.38. The first-order chi connectivity index (χ1) is 11.8. The van der Waals surface area contributed by atoms with Crippen LogP contribution < -0.4 is 5.32 Å². The van der Waals surface area contributed by atoms with E-state index in [0.717, 1.165) is 5.56 Å². The lowest BCUT2D eigenvalue weighted by Crippen LogP contribution is -2.44. The number of nitrogens with zero attached hydrogens (tertiary/aromatic N) is 1. The van der Waals surface area contributed by atoms with Gasteiger partial charge in [-0.3, -0.25) is 9.59 Å². The van der Waals surface area contributed by atoms with Crippen molar-refractivity contribution in [1.82, 2.24) is 4.31 Å². The Balaban J connectivity index is 2.06. The molecule has 1 aromatic rings. The van der Waals surface area contributed by atoms with E-state index in [2.05, 4.69) is 5.32 Å². The molecule has 1 atom stereocenters. The number of benzene rings is 1. The summed E-state index contributed by atoms with van der Waals surface area (Å²) >= 11 is 0. The maximum atomic E-state index is 12.5. The lowest BCUT2D eigenvalue weighted by Gasteiger charge is -2.23. The Labute approximate surface area is 148 Å². The third kappa shape index (κ3) is 5.27. The van der Waals surface area contributed by atoms with Crippen molar-refractivity contribution in [1.29, 1.82) is 0 Å². The molecule has 8 heteroatoms. The smallest absolute Gasteiger partial charge is 0.303 e. The highest BCUT2D eigenvalue weighted by Crippen LogP contribution is 2.23. The second-order valence-corrected chi connectivity index (χ2v) is 8.21. The van der Waals surface area contributed by atoms with E-state index in [-0.39, 0.29) is 18.1 Å². The molecule has 1 aromatic carbocycles. The number of aryl methyl sites for hydroxylation is 1. The molecule has 1 aliphatic heterocycles. The summed E-state index contributed by atoms with van der Waals surface area (Å²) in [5.41, 5.74) is 1.36. The molecule has 1 heterocycles. The predicted octanol–water partition coefficient (Wildman–Crippen LogP) is 1.85. The van der Waals surface area contributed by atoms with Crippen LogP contribution in [0.3, 0.4) is 0 Å². The molecule has 1 saturated heterocycles. The van der Waals surface area contributed by atoms with Gasteiger partial charge in [-0.05, 0) is 43.4 Å². The minimum absolute atomic E-state index is 0.0169. The van der Waals surface area contributed by atoms with E-state index < -0.39 is 22.0 Å². The Kier molecular flexibility index (Phi) is 6.55. The standard InChI is InChI=1S/C17H24N2O5S/c1-2-11-25(23,24)19-10-4-7-15(19)17(22)18-14-6-3-5-13(12-14)8-9-16(20)21/h3,5-6,12,15H,2,4,7-11H2,1H3,(H,18,22)(H,20,21). The van der Waals surface area contributed by atoms with Gasteiger partial charge in [0.25, 0.3) is 0 Å². The van der Waals surface area contributed by atoms with Crippen molar-refractivity contribution in [2.45, 2.75) is 45.1 Å². The summed E-state index contributed by atoms with van der Waals surface area (Å²) in [4.78, 5) is 23.2. The van der Waals surface area contributed by atoms with Gasteiger partial charge in [-0.2, -0.15) is 4.31 Å². The molecular weight excluding hydrogens is 344 g/mol. The lowest BCUT2D eigenvalue weighted by atomic mass is 10.1. The van der Waals surface area contributed by atoms with Crippen LogP contribution >= 0.6 is 0 Å². The zero-order chi connectivity index (χ0) is 18.4. The molecule has 1 fully saturated rings. The number of hydrogen-bond acceptors (Lipinski definition) is 4. The fourth-order valence-electron chi connectivity index (χ4n) is 2.99. The number of carbonyl (C=O) groups is 2. The fourth-order valence-corrected chi connectivity index (χ4v) is 4.74. The first kappa shape index (κ1) is 19.4. The first-order valence-corrected chi connectivity index (χ1v) is 10.1. The lowest BCUT2D eigenvalue weighted by molar-refractivity contribution is -0.137. The van der Waals surface area contributed by atoms with Crippen LogP contribution in [0.1, 0.15) is 38.2 Å². The number of carboxylic acids is 1. The van der Waals surface area contributed by atoms with E-state index in [4.69, 9.17) is 5.11 Å². The van der Waals surface area contributed by atoms with E-state index >= 15 is 0 Å². The minimum atomic E-state index is -3.42. The molecule has 0 aromatic heterocycles. The number of anilines is 1. The number of hydrogen-bond donors (Lipinski definition) is 2. The average molecular weight is 368 g/mol. The van der Waals surface area contributed by atoms with Crippen LogP contribution in [0.25, 0.3) is 0 Å². The molecule has 0 saturated carbocycles. The summed E-state index contributed by atoms with van der Waals surface area (Å²) in [7, 11) is -3.42. The summed E-state index contributed by atoms with van der Waals surface area (Å²) in [6, 6.07) is 6.29. The Bertz CT molecular complexity index is 732. The van der Waals surface area contributed by atoms with Crippen LogP contribution in [-0.4, -0.2) is 48.0 Å². The van der Waals surface area contributed by atoms with Crippen LogP contribution in [0.15, 0.2) is 24.3 Å². The third-order valence-corrected chi connectivity index (χ3v) is 6.22. The summed E-state index contributed by atoms with van der Waals surface area (Å²) in [5.74, 6) is -1.17. The van der Waals surface area contributed by atoms with Gasteiger partial charge in [0.2, 0.25) is 15.9 Å². The summed E-state index contributed by atoms with van der Waals surface area (Å²) < 4.78 is 25.9. The monoisotopic (exact) mass is 368 g/mol. The molecule has 138 valence electrons. The van der Waals surface area contributed by atoms with Gasteiger partial charge in [-0.25, -0.2) is 8.42 Å². The minimum Gasteiger partial charge on any atom is -0.481 e. The molecule has 0 radical (unpaired) electrons. The number of nitrogens with one attached hydrogen (secondary N) is 1. The van der Waals surface area contributed by atoms with Gasteiger partial charge >= 0.3 is 5.97 Å². The maximum Gasteiger partial charge on any atom is 0.303 e. The van der Waals surface area contributed by atoms with E-state index in [9.17, 15) is 18.0 Å². The van der Waals surface area contributed by atoms with Crippen LogP contribution in [0, 0.1) is 0 Å². The molecule has 1 unspecified atom stereocenters. The molecule has 0 spiro atoms. The second kappa shape index (κ2) is 8.44. The van der Waals surface area contributed by atoms with Gasteiger partial charge in [-0.15, -0.1) is 0 Å². The number of amides is 1. The van der Waals surface area contributed by atoms with Crippen LogP contribution in [-0.2, 0) is 26.0 Å². The molecular formula is C17H24N2O5S. The summed E-state index contributed by atoms with van der Waals surface area (Å²) in [6.45, 7) is 2.17. The van der Waals surface area contributed by atoms with Gasteiger partial charge in [0.05, 0.1) is 5.75 Å². The van der Waals surface area contributed by atoms with Crippen molar-refractivity contribution < 1.29 is 23.1 Å². The molecule has 1 amide bonds. The molecule has 0 bridgehead atoms. The Morgan fingerprint density at radius 1 is 1.36 bits per heavy atom. The number of carboxylic acid groups (broad SMARTS) is 1. The van der Waals surface area contributed by atoms with Crippen molar-refractivity contribution in [2.24, 2.45) is 0 Å². The van der Waals surface area contributed by atoms with Crippen molar-refractivity contribution in [2.75, 3.05) is 17.6 Å². The zero-order valence-electron chi connectivity index (χ0n) is 14.3. The van der Waals surface area contributed by atoms with Gasteiger partial charge < -0.3 is 10.4 Å². The number of sulfonamides is 1. The number of aliphatic carboxylic acids is 1. The number of carbonyl (C=O) groups excluding carboxylic acids is 1. The van der Waals surface area contributed by atoms with E-state index in [0.29, 0.717) is 37.9 Å². The van der Waals surface area contributed by atoms with Crippen LogP contribution in [0.5, 0.6) is 0 Å². The summed E-state index contributed by atoms with van der Waals surface area (Å²) in [6.07, 6.45) is 2.08.